The smallest absolute Gasteiger partial charge is 0.283 e. The maximum absolute atomic E-state index is 12.0. The number of nitro groups is 1. The zero-order chi connectivity index (χ0) is 18.4. The maximum Gasteiger partial charge on any atom is 0.283 e. The van der Waals surface area contributed by atoms with Crippen molar-refractivity contribution in [2.75, 3.05) is 5.75 Å². The molecule has 0 bridgehead atoms. The highest BCUT2D eigenvalue weighted by molar-refractivity contribution is 8.00. The summed E-state index contributed by atoms with van der Waals surface area (Å²) in [5, 5.41) is 13.9. The van der Waals surface area contributed by atoms with Crippen molar-refractivity contribution in [1.29, 1.82) is 0 Å². The van der Waals surface area contributed by atoms with Gasteiger partial charge in [-0.05, 0) is 31.2 Å². The van der Waals surface area contributed by atoms with Crippen molar-refractivity contribution in [2.45, 2.75) is 24.3 Å². The number of nitrogens with one attached hydrogen (secondary N) is 1. The number of thioether (sulfide) groups is 1. The summed E-state index contributed by atoms with van der Waals surface area (Å²) in [5.41, 5.74) is 4.92. The van der Waals surface area contributed by atoms with Crippen LogP contribution in [0.1, 0.15) is 23.0 Å². The Morgan fingerprint density at radius 2 is 2.16 bits per heavy atom. The number of nitro benzene ring substituents is 1. The lowest BCUT2D eigenvalue weighted by Crippen LogP contribution is -2.35. The van der Waals surface area contributed by atoms with Crippen molar-refractivity contribution >= 4 is 29.3 Å². The Bertz CT molecular complexity index is 776. The van der Waals surface area contributed by atoms with Crippen LogP contribution in [0.2, 0.25) is 0 Å². The second-order valence-corrected chi connectivity index (χ2v) is 6.36. The van der Waals surface area contributed by atoms with Gasteiger partial charge in [-0.3, -0.25) is 19.7 Å². The second-order valence-electron chi connectivity index (χ2n) is 5.34. The minimum Gasteiger partial charge on any atom is -0.469 e. The summed E-state index contributed by atoms with van der Waals surface area (Å²) in [6.45, 7) is 1.84. The molecular weight excluding hydrogens is 346 g/mol. The van der Waals surface area contributed by atoms with Gasteiger partial charge in [0.2, 0.25) is 11.8 Å². The van der Waals surface area contributed by atoms with Gasteiger partial charge in [0.1, 0.15) is 5.76 Å². The Hall–Kier alpha value is -2.81. The third kappa shape index (κ3) is 5.35. The molecule has 2 amide bonds. The SMILES string of the molecule is CC(Cc1ccco1)NC(=O)CSc1ccc(C(N)=O)cc1[N+](=O)[O-]. The lowest BCUT2D eigenvalue weighted by molar-refractivity contribution is -0.387. The number of carbonyl (C=O) groups is 2. The van der Waals surface area contributed by atoms with Crippen LogP contribution in [0.25, 0.3) is 0 Å². The first-order valence-corrected chi connectivity index (χ1v) is 8.38. The maximum atomic E-state index is 12.0. The van der Waals surface area contributed by atoms with Crippen LogP contribution in [0.5, 0.6) is 0 Å². The molecule has 2 rings (SSSR count). The number of nitrogens with two attached hydrogens (primary N) is 1. The minimum absolute atomic E-state index is 0.0131. The highest BCUT2D eigenvalue weighted by atomic mass is 32.2. The number of hydrogen-bond acceptors (Lipinski definition) is 6. The van der Waals surface area contributed by atoms with E-state index in [9.17, 15) is 19.7 Å². The van der Waals surface area contributed by atoms with Crippen molar-refractivity contribution in [2.24, 2.45) is 5.73 Å². The van der Waals surface area contributed by atoms with E-state index in [4.69, 9.17) is 10.2 Å². The van der Waals surface area contributed by atoms with Crippen LogP contribution in [0.4, 0.5) is 5.69 Å². The molecule has 0 aliphatic heterocycles. The quantitative estimate of drug-likeness (QED) is 0.420. The van der Waals surface area contributed by atoms with Gasteiger partial charge >= 0.3 is 0 Å². The van der Waals surface area contributed by atoms with E-state index >= 15 is 0 Å². The van der Waals surface area contributed by atoms with Gasteiger partial charge in [-0.15, -0.1) is 11.8 Å². The zero-order valence-corrected chi connectivity index (χ0v) is 14.2. The standard InChI is InChI=1S/C16H17N3O5S/c1-10(7-12-3-2-6-24-12)18-15(20)9-25-14-5-4-11(16(17)21)8-13(14)19(22)23/h2-6,8,10H,7,9H2,1H3,(H2,17,21)(H,18,20). The number of benzene rings is 1. The Balaban J connectivity index is 1.94. The van der Waals surface area contributed by atoms with Gasteiger partial charge in [0.25, 0.3) is 5.69 Å². The average Bonchev–Trinajstić information content (AvgIpc) is 3.05. The van der Waals surface area contributed by atoms with Gasteiger partial charge in [-0.1, -0.05) is 0 Å². The van der Waals surface area contributed by atoms with Crippen molar-refractivity contribution in [3.63, 3.8) is 0 Å². The third-order valence-corrected chi connectivity index (χ3v) is 4.36. The molecule has 1 unspecified atom stereocenters. The number of primary amides is 1. The van der Waals surface area contributed by atoms with Crippen LogP contribution < -0.4 is 11.1 Å². The van der Waals surface area contributed by atoms with Crippen LogP contribution in [0.3, 0.4) is 0 Å². The third-order valence-electron chi connectivity index (χ3n) is 3.29. The molecule has 9 heteroatoms. The lowest BCUT2D eigenvalue weighted by atomic mass is 10.2. The van der Waals surface area contributed by atoms with Gasteiger partial charge in [-0.25, -0.2) is 0 Å². The van der Waals surface area contributed by atoms with Gasteiger partial charge in [0.15, 0.2) is 0 Å². The molecule has 0 fully saturated rings. The second kappa shape index (κ2) is 8.34. The Morgan fingerprint density at radius 3 is 2.76 bits per heavy atom. The predicted molar refractivity (Wildman–Crippen MR) is 92.4 cm³/mol. The number of rotatable bonds is 8. The Labute approximate surface area is 147 Å². The van der Waals surface area contributed by atoms with Gasteiger partial charge in [0.05, 0.1) is 21.8 Å². The number of furan rings is 1. The van der Waals surface area contributed by atoms with E-state index in [-0.39, 0.29) is 29.0 Å². The number of carbonyl (C=O) groups excluding carboxylic acids is 2. The largest absolute Gasteiger partial charge is 0.469 e. The average molecular weight is 363 g/mol. The van der Waals surface area contributed by atoms with E-state index in [0.717, 1.165) is 23.6 Å². The van der Waals surface area contributed by atoms with Gasteiger partial charge in [-0.2, -0.15) is 0 Å². The molecule has 2 aromatic rings. The molecule has 0 saturated carbocycles. The summed E-state index contributed by atoms with van der Waals surface area (Å²) < 4.78 is 5.22. The van der Waals surface area contributed by atoms with Crippen molar-refractivity contribution < 1.29 is 18.9 Å². The Morgan fingerprint density at radius 1 is 1.40 bits per heavy atom. The molecule has 0 aliphatic rings. The first-order chi connectivity index (χ1) is 11.9. The molecule has 0 aliphatic carbocycles. The van der Waals surface area contributed by atoms with Gasteiger partial charge < -0.3 is 15.5 Å². The fraction of sp³-hybridized carbons (Fsp3) is 0.250. The molecule has 1 aromatic carbocycles. The van der Waals surface area contributed by atoms with E-state index in [1.54, 1.807) is 12.3 Å². The van der Waals surface area contributed by atoms with Crippen LogP contribution in [-0.2, 0) is 11.2 Å². The fourth-order valence-corrected chi connectivity index (χ4v) is 2.99. The summed E-state index contributed by atoms with van der Waals surface area (Å²) >= 11 is 1.02. The molecule has 8 nitrogen and oxygen atoms in total. The summed E-state index contributed by atoms with van der Waals surface area (Å²) in [5.74, 6) is -0.223. The van der Waals surface area contributed by atoms with Gasteiger partial charge in [0, 0.05) is 24.1 Å². The monoisotopic (exact) mass is 363 g/mol. The Kier molecular flexibility index (Phi) is 6.18. The molecule has 0 spiro atoms. The minimum atomic E-state index is -0.746. The normalized spacial score (nSPS) is 11.7. The molecule has 0 saturated heterocycles. The predicted octanol–water partition coefficient (Wildman–Crippen LogP) is 2.13. The fourth-order valence-electron chi connectivity index (χ4n) is 2.18. The molecule has 0 radical (unpaired) electrons. The van der Waals surface area contributed by atoms with Crippen molar-refractivity contribution in [3.8, 4) is 0 Å². The van der Waals surface area contributed by atoms with Crippen LogP contribution >= 0.6 is 11.8 Å². The lowest BCUT2D eigenvalue weighted by Gasteiger charge is -2.12. The molecular formula is C16H17N3O5S. The van der Waals surface area contributed by atoms with E-state index in [1.807, 2.05) is 13.0 Å². The topological polar surface area (TPSA) is 128 Å². The zero-order valence-electron chi connectivity index (χ0n) is 13.4. The highest BCUT2D eigenvalue weighted by Crippen LogP contribution is 2.30. The van der Waals surface area contributed by atoms with E-state index in [1.165, 1.54) is 12.1 Å². The molecule has 3 N–H and O–H groups in total. The molecule has 1 aromatic heterocycles. The van der Waals surface area contributed by atoms with Crippen molar-refractivity contribution in [3.05, 3.63) is 58.0 Å². The number of hydrogen-bond donors (Lipinski definition) is 2. The summed E-state index contributed by atoms with van der Waals surface area (Å²) in [7, 11) is 0. The molecule has 25 heavy (non-hydrogen) atoms. The summed E-state index contributed by atoms with van der Waals surface area (Å²) in [6, 6.07) is 7.39. The van der Waals surface area contributed by atoms with E-state index < -0.39 is 10.8 Å². The summed E-state index contributed by atoms with van der Waals surface area (Å²) in [6.07, 6.45) is 2.12. The summed E-state index contributed by atoms with van der Waals surface area (Å²) in [4.78, 5) is 33.9. The highest BCUT2D eigenvalue weighted by Gasteiger charge is 2.18. The number of nitrogens with zero attached hydrogens (tertiary/aromatic N) is 1. The molecule has 1 atom stereocenters. The van der Waals surface area contributed by atoms with E-state index in [0.29, 0.717) is 11.3 Å². The van der Waals surface area contributed by atoms with E-state index in [2.05, 4.69) is 5.32 Å². The van der Waals surface area contributed by atoms with Crippen LogP contribution in [-0.4, -0.2) is 28.5 Å². The first-order valence-electron chi connectivity index (χ1n) is 7.39. The van der Waals surface area contributed by atoms with Crippen LogP contribution in [0.15, 0.2) is 45.9 Å². The molecule has 132 valence electrons. The first kappa shape index (κ1) is 18.5. The van der Waals surface area contributed by atoms with Crippen molar-refractivity contribution in [1.82, 2.24) is 5.32 Å². The van der Waals surface area contributed by atoms with Crippen LogP contribution in [0, 0.1) is 10.1 Å². The molecule has 1 heterocycles. The number of amides is 2.